The molecule has 0 aromatic rings. The first-order valence-corrected chi connectivity index (χ1v) is 3.90. The molecule has 1 atom stereocenters. The summed E-state index contributed by atoms with van der Waals surface area (Å²) in [7, 11) is 0. The van der Waals surface area contributed by atoms with Gasteiger partial charge in [0.2, 0.25) is 6.34 Å². The molecule has 0 aliphatic carbocycles. The fourth-order valence-corrected chi connectivity index (χ4v) is 1.38. The van der Waals surface area contributed by atoms with Gasteiger partial charge in [0.1, 0.15) is 12.5 Å². The Morgan fingerprint density at radius 2 is 2.36 bits per heavy atom. The van der Waals surface area contributed by atoms with E-state index in [0.717, 1.165) is 5.82 Å². The fourth-order valence-electron chi connectivity index (χ4n) is 0.860. The SMILES string of the molecule is NC1=NC=NC2=CN=C[N+]21I. The molecule has 0 radical (unpaired) electrons. The van der Waals surface area contributed by atoms with Crippen LogP contribution in [0.15, 0.2) is 27.0 Å². The van der Waals surface area contributed by atoms with Crippen LogP contribution in [0.2, 0.25) is 0 Å². The molecule has 2 aliphatic heterocycles. The minimum Gasteiger partial charge on any atom is -0.336 e. The molecule has 2 rings (SSSR count). The number of quaternary nitrogens is 1. The summed E-state index contributed by atoms with van der Waals surface area (Å²) < 4.78 is 0.272. The molecule has 0 saturated carbocycles. The first kappa shape index (κ1) is 6.92. The highest BCUT2D eigenvalue weighted by molar-refractivity contribution is 14.1. The second-order valence-corrected chi connectivity index (χ2v) is 3.64. The lowest BCUT2D eigenvalue weighted by atomic mass is 10.6. The third-order valence-corrected chi connectivity index (χ3v) is 2.70. The summed E-state index contributed by atoms with van der Waals surface area (Å²) in [5, 5.41) is 0. The van der Waals surface area contributed by atoms with Gasteiger partial charge in [0.25, 0.3) is 28.7 Å². The molecule has 0 amide bonds. The van der Waals surface area contributed by atoms with Crippen LogP contribution in [0, 0.1) is 0 Å². The molecule has 2 N–H and O–H groups in total. The van der Waals surface area contributed by atoms with Gasteiger partial charge in [-0.05, 0) is 0 Å². The molecular formula is C5H5IN5+. The van der Waals surface area contributed by atoms with Crippen molar-refractivity contribution >= 4 is 41.5 Å². The maximum atomic E-state index is 5.65. The molecular weight excluding hydrogens is 257 g/mol. The number of guanidine groups is 1. The van der Waals surface area contributed by atoms with Crippen molar-refractivity contribution < 1.29 is 2.70 Å². The number of nitrogens with two attached hydrogens (primary N) is 1. The van der Waals surface area contributed by atoms with E-state index < -0.39 is 0 Å². The van der Waals surface area contributed by atoms with Crippen LogP contribution >= 0.6 is 22.9 Å². The van der Waals surface area contributed by atoms with Gasteiger partial charge in [-0.1, -0.05) is 0 Å². The molecule has 0 spiro atoms. The normalized spacial score (nSPS) is 33.2. The van der Waals surface area contributed by atoms with Crippen molar-refractivity contribution in [2.45, 2.75) is 0 Å². The monoisotopic (exact) mass is 262 g/mol. The molecule has 0 aromatic carbocycles. The first-order valence-electron chi connectivity index (χ1n) is 2.93. The third kappa shape index (κ3) is 0.824. The molecule has 11 heavy (non-hydrogen) atoms. The van der Waals surface area contributed by atoms with Crippen molar-refractivity contribution in [3.63, 3.8) is 0 Å². The number of halogens is 1. The molecule has 0 aromatic heterocycles. The van der Waals surface area contributed by atoms with Crippen LogP contribution in [0.4, 0.5) is 0 Å². The van der Waals surface area contributed by atoms with Crippen molar-refractivity contribution in [1.29, 1.82) is 0 Å². The zero-order chi connectivity index (χ0) is 7.90. The maximum absolute atomic E-state index is 5.65. The molecule has 5 nitrogen and oxygen atoms in total. The highest BCUT2D eigenvalue weighted by Crippen LogP contribution is 2.29. The summed E-state index contributed by atoms with van der Waals surface area (Å²) in [4.78, 5) is 11.9. The van der Waals surface area contributed by atoms with Crippen LogP contribution in [0.25, 0.3) is 0 Å². The van der Waals surface area contributed by atoms with Crippen LogP contribution in [0.5, 0.6) is 0 Å². The lowest BCUT2D eigenvalue weighted by Crippen LogP contribution is -2.45. The van der Waals surface area contributed by atoms with Gasteiger partial charge < -0.3 is 5.73 Å². The van der Waals surface area contributed by atoms with Gasteiger partial charge in [0.15, 0.2) is 0 Å². The topological polar surface area (TPSA) is 63.1 Å². The average Bonchev–Trinajstić information content (AvgIpc) is 2.34. The van der Waals surface area contributed by atoms with E-state index in [1.807, 2.05) is 0 Å². The quantitative estimate of drug-likeness (QED) is 0.497. The number of hydrogen-bond donors (Lipinski definition) is 1. The molecule has 2 aliphatic rings. The molecule has 0 saturated heterocycles. The van der Waals surface area contributed by atoms with Gasteiger partial charge in [-0.2, -0.15) is 9.98 Å². The first-order chi connectivity index (χ1) is 5.23. The Labute approximate surface area is 77.1 Å². The van der Waals surface area contributed by atoms with E-state index in [1.54, 1.807) is 12.5 Å². The molecule has 2 heterocycles. The predicted molar refractivity (Wildman–Crippen MR) is 51.0 cm³/mol. The Balaban J connectivity index is 2.56. The molecule has 0 bridgehead atoms. The zero-order valence-electron chi connectivity index (χ0n) is 5.48. The number of hydrogen-bond acceptors (Lipinski definition) is 4. The predicted octanol–water partition coefficient (Wildman–Crippen LogP) is 0.351. The van der Waals surface area contributed by atoms with Crippen molar-refractivity contribution in [2.75, 3.05) is 0 Å². The van der Waals surface area contributed by atoms with Crippen molar-refractivity contribution in [1.82, 2.24) is 0 Å². The number of aliphatic imine (C=N–C) groups is 3. The van der Waals surface area contributed by atoms with Gasteiger partial charge in [-0.15, -0.1) is 2.70 Å². The van der Waals surface area contributed by atoms with Crippen molar-refractivity contribution in [3.8, 4) is 0 Å². The van der Waals surface area contributed by atoms with Crippen LogP contribution in [-0.2, 0) is 0 Å². The molecule has 56 valence electrons. The van der Waals surface area contributed by atoms with Gasteiger partial charge in [-0.3, -0.25) is 0 Å². The highest BCUT2D eigenvalue weighted by atomic mass is 127. The van der Waals surface area contributed by atoms with Crippen LogP contribution in [-0.4, -0.2) is 21.3 Å². The third-order valence-electron chi connectivity index (χ3n) is 1.46. The summed E-state index contributed by atoms with van der Waals surface area (Å²) in [6, 6.07) is 0. The smallest absolute Gasteiger partial charge is 0.321 e. The van der Waals surface area contributed by atoms with E-state index >= 15 is 0 Å². The van der Waals surface area contributed by atoms with Crippen LogP contribution in [0.3, 0.4) is 0 Å². The van der Waals surface area contributed by atoms with E-state index in [-0.39, 0.29) is 2.70 Å². The van der Waals surface area contributed by atoms with E-state index in [9.17, 15) is 0 Å². The minimum atomic E-state index is 0.272. The Kier molecular flexibility index (Phi) is 1.33. The van der Waals surface area contributed by atoms with E-state index in [2.05, 4.69) is 37.8 Å². The average molecular weight is 262 g/mol. The number of rotatable bonds is 0. The largest absolute Gasteiger partial charge is 0.336 e. The van der Waals surface area contributed by atoms with Crippen molar-refractivity contribution in [3.05, 3.63) is 12.0 Å². The van der Waals surface area contributed by atoms with E-state index in [4.69, 9.17) is 5.73 Å². The zero-order valence-corrected chi connectivity index (χ0v) is 7.63. The van der Waals surface area contributed by atoms with Crippen LogP contribution < -0.4 is 5.73 Å². The Morgan fingerprint density at radius 3 is 3.09 bits per heavy atom. The summed E-state index contributed by atoms with van der Waals surface area (Å²) in [6.45, 7) is 0. The Hall–Kier alpha value is -0.760. The standard InChI is InChI=1S/C5H5IN5/c6-11-3-8-1-4(11)9-2-10-5(11)7/h1-3H,(H2,7,9,10)/q+1. The molecule has 1 unspecified atom stereocenters. The minimum absolute atomic E-state index is 0.272. The van der Waals surface area contributed by atoms with E-state index in [0.29, 0.717) is 5.96 Å². The number of nitrogens with zero attached hydrogens (tertiary/aromatic N) is 4. The van der Waals surface area contributed by atoms with Gasteiger partial charge in [-0.25, -0.2) is 4.99 Å². The Bertz CT molecular complexity index is 315. The Morgan fingerprint density at radius 1 is 1.55 bits per heavy atom. The summed E-state index contributed by atoms with van der Waals surface area (Å²) in [5.41, 5.74) is 5.65. The second kappa shape index (κ2) is 2.11. The molecule has 6 heteroatoms. The van der Waals surface area contributed by atoms with Crippen molar-refractivity contribution in [2.24, 2.45) is 20.7 Å². The molecule has 0 fully saturated rings. The van der Waals surface area contributed by atoms with Gasteiger partial charge in [0.05, 0.1) is 0 Å². The lowest BCUT2D eigenvalue weighted by Gasteiger charge is -2.20. The van der Waals surface area contributed by atoms with Gasteiger partial charge >= 0.3 is 5.96 Å². The summed E-state index contributed by atoms with van der Waals surface area (Å²) in [6.07, 6.45) is 4.79. The number of fused-ring (bicyclic) bond motifs is 1. The fraction of sp³-hybridized carbons (Fsp3) is 0. The highest BCUT2D eigenvalue weighted by Gasteiger charge is 2.39. The summed E-state index contributed by atoms with van der Waals surface area (Å²) >= 11 is 2.12. The lowest BCUT2D eigenvalue weighted by molar-refractivity contribution is -0.481. The second-order valence-electron chi connectivity index (χ2n) is 2.12. The summed E-state index contributed by atoms with van der Waals surface area (Å²) in [5.74, 6) is 1.27. The van der Waals surface area contributed by atoms with E-state index in [1.165, 1.54) is 6.34 Å². The maximum Gasteiger partial charge on any atom is 0.321 e. The van der Waals surface area contributed by atoms with Crippen LogP contribution in [0.1, 0.15) is 0 Å². The van der Waals surface area contributed by atoms with Gasteiger partial charge in [0, 0.05) is 0 Å².